The van der Waals surface area contributed by atoms with Crippen LogP contribution < -0.4 is 5.50 Å². The van der Waals surface area contributed by atoms with Gasteiger partial charge in [-0.25, -0.2) is 0 Å². The summed E-state index contributed by atoms with van der Waals surface area (Å²) in [6.07, 6.45) is 44.7. The minimum absolute atomic E-state index is 0.763. The van der Waals surface area contributed by atoms with Crippen LogP contribution in [0.2, 0.25) is 0 Å². The van der Waals surface area contributed by atoms with E-state index in [9.17, 15) is 0 Å². The van der Waals surface area contributed by atoms with Gasteiger partial charge < -0.3 is 9.05 Å². The van der Waals surface area contributed by atoms with E-state index in [1.54, 1.807) is 0 Å². The molecule has 242 valence electrons. The summed E-state index contributed by atoms with van der Waals surface area (Å²) in [7, 11) is -1.17. The van der Waals surface area contributed by atoms with E-state index in [1.807, 2.05) is 0 Å². The van der Waals surface area contributed by atoms with Crippen LogP contribution in [0.4, 0.5) is 0 Å². The predicted octanol–water partition coefficient (Wildman–Crippen LogP) is 13.7. The molecular formula is C36H76NO2P. The van der Waals surface area contributed by atoms with Gasteiger partial charge >= 0.3 is 0 Å². The number of hydrogen-bond acceptors (Lipinski definition) is 3. The van der Waals surface area contributed by atoms with E-state index in [0.717, 1.165) is 26.1 Å². The van der Waals surface area contributed by atoms with Gasteiger partial charge in [0.15, 0.2) is 0 Å². The van der Waals surface area contributed by atoms with Gasteiger partial charge in [0, 0.05) is 0 Å². The molecule has 0 aliphatic heterocycles. The van der Waals surface area contributed by atoms with Crippen molar-refractivity contribution in [2.24, 2.45) is 5.50 Å². The highest BCUT2D eigenvalue weighted by molar-refractivity contribution is 7.44. The van der Waals surface area contributed by atoms with E-state index in [2.05, 4.69) is 13.8 Å². The van der Waals surface area contributed by atoms with Gasteiger partial charge in [0.05, 0.1) is 13.2 Å². The van der Waals surface area contributed by atoms with Gasteiger partial charge in [0.25, 0.3) is 8.53 Å². The van der Waals surface area contributed by atoms with Crippen molar-refractivity contribution in [2.45, 2.75) is 219 Å². The lowest BCUT2D eigenvalue weighted by atomic mass is 10.0. The van der Waals surface area contributed by atoms with Crippen molar-refractivity contribution in [1.29, 1.82) is 0 Å². The van der Waals surface area contributed by atoms with Crippen molar-refractivity contribution >= 4 is 8.53 Å². The highest BCUT2D eigenvalue weighted by Crippen LogP contribution is 2.29. The molecular weight excluding hydrogens is 509 g/mol. The van der Waals surface area contributed by atoms with Crippen molar-refractivity contribution < 1.29 is 9.05 Å². The van der Waals surface area contributed by atoms with Gasteiger partial charge in [-0.15, -0.1) is 0 Å². The van der Waals surface area contributed by atoms with E-state index in [0.29, 0.717) is 0 Å². The Morgan fingerprint density at radius 2 is 0.475 bits per heavy atom. The average Bonchev–Trinajstić information content (AvgIpc) is 2.96. The van der Waals surface area contributed by atoms with Crippen molar-refractivity contribution in [1.82, 2.24) is 0 Å². The first kappa shape index (κ1) is 40.3. The molecule has 0 unspecified atom stereocenters. The number of rotatable bonds is 36. The van der Waals surface area contributed by atoms with E-state index < -0.39 is 8.53 Å². The lowest BCUT2D eigenvalue weighted by Crippen LogP contribution is -2.01. The Morgan fingerprint density at radius 1 is 0.300 bits per heavy atom. The Bertz CT molecular complexity index is 399. The summed E-state index contributed by atoms with van der Waals surface area (Å²) in [4.78, 5) is 0. The summed E-state index contributed by atoms with van der Waals surface area (Å²) in [6.45, 7) is 6.12. The lowest BCUT2D eigenvalue weighted by Gasteiger charge is -2.12. The smallest absolute Gasteiger partial charge is 0.252 e. The van der Waals surface area contributed by atoms with Crippen LogP contribution in [0.25, 0.3) is 0 Å². The van der Waals surface area contributed by atoms with Gasteiger partial charge in [0.2, 0.25) is 0 Å². The van der Waals surface area contributed by atoms with Gasteiger partial charge in [0.1, 0.15) is 0 Å². The molecule has 0 rings (SSSR count). The summed E-state index contributed by atoms with van der Waals surface area (Å²) in [5.41, 5.74) is 6.03. The summed E-state index contributed by atoms with van der Waals surface area (Å²) in [6, 6.07) is 0. The van der Waals surface area contributed by atoms with E-state index in [1.165, 1.54) is 193 Å². The third-order valence-corrected chi connectivity index (χ3v) is 9.31. The topological polar surface area (TPSA) is 44.5 Å². The summed E-state index contributed by atoms with van der Waals surface area (Å²) in [5, 5.41) is 0. The summed E-state index contributed by atoms with van der Waals surface area (Å²) in [5.74, 6) is 0. The van der Waals surface area contributed by atoms with E-state index in [4.69, 9.17) is 14.6 Å². The molecule has 0 heterocycles. The Kier molecular flexibility index (Phi) is 37.6. The largest absolute Gasteiger partial charge is 0.322 e. The Morgan fingerprint density at radius 3 is 0.675 bits per heavy atom. The molecule has 40 heavy (non-hydrogen) atoms. The minimum Gasteiger partial charge on any atom is -0.322 e. The molecule has 0 aliphatic carbocycles. The predicted molar refractivity (Wildman–Crippen MR) is 182 cm³/mol. The molecule has 0 saturated carbocycles. The molecule has 0 aliphatic rings. The van der Waals surface area contributed by atoms with E-state index in [-0.39, 0.29) is 0 Å². The molecule has 0 aromatic carbocycles. The van der Waals surface area contributed by atoms with Crippen molar-refractivity contribution in [3.05, 3.63) is 0 Å². The third-order valence-electron chi connectivity index (χ3n) is 8.43. The number of nitrogens with two attached hydrogens (primary N) is 1. The molecule has 3 nitrogen and oxygen atoms in total. The molecule has 0 saturated heterocycles. The van der Waals surface area contributed by atoms with E-state index >= 15 is 0 Å². The van der Waals surface area contributed by atoms with Gasteiger partial charge in [-0.3, -0.25) is 5.50 Å². The van der Waals surface area contributed by atoms with Crippen molar-refractivity contribution in [2.75, 3.05) is 13.2 Å². The van der Waals surface area contributed by atoms with Crippen LogP contribution in [-0.2, 0) is 9.05 Å². The molecule has 0 amide bonds. The first-order valence-electron chi connectivity index (χ1n) is 18.6. The van der Waals surface area contributed by atoms with Crippen LogP contribution in [0.15, 0.2) is 0 Å². The van der Waals surface area contributed by atoms with Crippen molar-refractivity contribution in [3.8, 4) is 0 Å². The molecule has 0 radical (unpaired) electrons. The van der Waals surface area contributed by atoms with Crippen molar-refractivity contribution in [3.63, 3.8) is 0 Å². The SMILES string of the molecule is CCCCCCCCCCCCCCCCCCOP(N)OCCCCCCCCCCCCCCCCCC. The van der Waals surface area contributed by atoms with Gasteiger partial charge in [-0.05, 0) is 12.8 Å². The quantitative estimate of drug-likeness (QED) is 0.0587. The second kappa shape index (κ2) is 37.3. The highest BCUT2D eigenvalue weighted by Gasteiger charge is 2.04. The Labute approximate surface area is 255 Å². The second-order valence-corrected chi connectivity index (χ2v) is 13.6. The zero-order valence-electron chi connectivity index (χ0n) is 27.9. The van der Waals surface area contributed by atoms with Crippen LogP contribution in [0.5, 0.6) is 0 Å². The highest BCUT2D eigenvalue weighted by atomic mass is 31.2. The molecule has 0 aromatic heterocycles. The molecule has 0 bridgehead atoms. The lowest BCUT2D eigenvalue weighted by molar-refractivity contribution is 0.240. The molecule has 0 spiro atoms. The Balaban J connectivity index is 3.13. The number of hydrogen-bond donors (Lipinski definition) is 1. The normalized spacial score (nSPS) is 11.7. The fraction of sp³-hybridized carbons (Fsp3) is 1.00. The third kappa shape index (κ3) is 36.3. The molecule has 4 heteroatoms. The summed E-state index contributed by atoms with van der Waals surface area (Å²) >= 11 is 0. The second-order valence-electron chi connectivity index (χ2n) is 12.6. The summed E-state index contributed by atoms with van der Waals surface area (Å²) < 4.78 is 11.4. The average molecular weight is 586 g/mol. The molecule has 2 N–H and O–H groups in total. The fourth-order valence-corrected chi connectivity index (χ4v) is 6.34. The van der Waals surface area contributed by atoms with Crippen LogP contribution in [0.1, 0.15) is 219 Å². The first-order chi connectivity index (χ1) is 19.8. The maximum Gasteiger partial charge on any atom is 0.252 e. The number of unbranched alkanes of at least 4 members (excludes halogenated alkanes) is 30. The zero-order valence-corrected chi connectivity index (χ0v) is 28.8. The zero-order chi connectivity index (χ0) is 29.0. The fourth-order valence-electron chi connectivity index (χ4n) is 5.65. The van der Waals surface area contributed by atoms with Gasteiger partial charge in [-0.1, -0.05) is 206 Å². The Hall–Kier alpha value is 0.310. The molecule has 0 atom stereocenters. The minimum atomic E-state index is -1.17. The monoisotopic (exact) mass is 586 g/mol. The standard InChI is InChI=1S/C36H76NO2P/c1-3-5-7-9-11-13-15-17-19-21-23-25-27-29-31-33-35-38-40(37)39-36-34-32-30-28-26-24-22-20-18-16-14-12-10-8-6-4-2/h3-37H2,1-2H3. The van der Waals surface area contributed by atoms with Crippen LogP contribution in [0, 0.1) is 0 Å². The molecule has 0 aromatic rings. The maximum absolute atomic E-state index is 6.03. The van der Waals surface area contributed by atoms with Gasteiger partial charge in [-0.2, -0.15) is 0 Å². The van der Waals surface area contributed by atoms with Crippen LogP contribution >= 0.6 is 8.53 Å². The van der Waals surface area contributed by atoms with Crippen LogP contribution in [0.3, 0.4) is 0 Å². The first-order valence-corrected chi connectivity index (χ1v) is 19.9. The maximum atomic E-state index is 6.03. The molecule has 0 fully saturated rings. The van der Waals surface area contributed by atoms with Crippen LogP contribution in [-0.4, -0.2) is 13.2 Å².